The Kier molecular flexibility index (Phi) is 4.42. The number of hydrogen-bond donors (Lipinski definition) is 1. The average molecular weight is 333 g/mol. The van der Waals surface area contributed by atoms with Crippen molar-refractivity contribution in [3.63, 3.8) is 0 Å². The largest absolute Gasteiger partial charge is 0.467 e. The lowest BCUT2D eigenvalue weighted by molar-refractivity contribution is -0.124. The van der Waals surface area contributed by atoms with Crippen LogP contribution in [-0.2, 0) is 11.3 Å². The first-order valence-corrected chi connectivity index (χ1v) is 7.72. The van der Waals surface area contributed by atoms with Crippen molar-refractivity contribution in [3.05, 3.63) is 59.8 Å². The van der Waals surface area contributed by atoms with Crippen LogP contribution in [0, 0.1) is 5.82 Å². The minimum absolute atomic E-state index is 0.108. The Morgan fingerprint density at radius 2 is 2.17 bits per heavy atom. The van der Waals surface area contributed by atoms with Crippen molar-refractivity contribution in [2.75, 3.05) is 5.75 Å². The second-order valence-electron chi connectivity index (χ2n) is 4.66. The van der Waals surface area contributed by atoms with E-state index in [0.717, 1.165) is 0 Å². The van der Waals surface area contributed by atoms with Crippen molar-refractivity contribution in [1.82, 2.24) is 10.3 Å². The molecule has 2 aromatic rings. The molecule has 23 heavy (non-hydrogen) atoms. The van der Waals surface area contributed by atoms with Crippen LogP contribution in [0.15, 0.2) is 52.2 Å². The van der Waals surface area contributed by atoms with Crippen molar-refractivity contribution >= 4 is 28.7 Å². The first-order chi connectivity index (χ1) is 11.1. The van der Waals surface area contributed by atoms with Crippen molar-refractivity contribution in [2.24, 2.45) is 5.10 Å². The Morgan fingerprint density at radius 1 is 1.35 bits per heavy atom. The summed E-state index contributed by atoms with van der Waals surface area (Å²) in [6, 6.07) is 9.07. The maximum Gasteiger partial charge on any atom is 0.274 e. The SMILES string of the molecule is O=C(N/N=C1\SCC(=O)N1Cc1ccco1)c1ccccc1F. The third-order valence-corrected chi connectivity index (χ3v) is 4.08. The second-order valence-corrected chi connectivity index (χ2v) is 5.61. The maximum atomic E-state index is 13.5. The Balaban J connectivity index is 1.72. The zero-order chi connectivity index (χ0) is 16.2. The van der Waals surface area contributed by atoms with Crippen molar-refractivity contribution in [2.45, 2.75) is 6.54 Å². The molecule has 1 aliphatic heterocycles. The molecule has 3 rings (SSSR count). The molecule has 2 heterocycles. The molecule has 1 aromatic carbocycles. The molecule has 1 saturated heterocycles. The second kappa shape index (κ2) is 6.66. The quantitative estimate of drug-likeness (QED) is 0.871. The molecule has 0 aliphatic carbocycles. The summed E-state index contributed by atoms with van der Waals surface area (Å²) in [7, 11) is 0. The van der Waals surface area contributed by atoms with E-state index in [1.54, 1.807) is 18.2 Å². The molecule has 0 saturated carbocycles. The van der Waals surface area contributed by atoms with Gasteiger partial charge in [0, 0.05) is 0 Å². The van der Waals surface area contributed by atoms with Gasteiger partial charge in [-0.3, -0.25) is 14.5 Å². The van der Waals surface area contributed by atoms with Crippen LogP contribution in [-0.4, -0.2) is 27.6 Å². The van der Waals surface area contributed by atoms with Crippen LogP contribution in [0.1, 0.15) is 16.1 Å². The van der Waals surface area contributed by atoms with Gasteiger partial charge in [0.2, 0.25) is 5.91 Å². The highest BCUT2D eigenvalue weighted by molar-refractivity contribution is 8.15. The van der Waals surface area contributed by atoms with Crippen LogP contribution in [0.3, 0.4) is 0 Å². The van der Waals surface area contributed by atoms with E-state index >= 15 is 0 Å². The highest BCUT2D eigenvalue weighted by Crippen LogP contribution is 2.21. The summed E-state index contributed by atoms with van der Waals surface area (Å²) >= 11 is 1.20. The molecular weight excluding hydrogens is 321 g/mol. The van der Waals surface area contributed by atoms with E-state index in [2.05, 4.69) is 10.5 Å². The monoisotopic (exact) mass is 333 g/mol. The minimum Gasteiger partial charge on any atom is -0.467 e. The molecule has 8 heteroatoms. The zero-order valence-corrected chi connectivity index (χ0v) is 12.7. The van der Waals surface area contributed by atoms with Gasteiger partial charge < -0.3 is 4.42 Å². The predicted molar refractivity (Wildman–Crippen MR) is 83.0 cm³/mol. The van der Waals surface area contributed by atoms with Gasteiger partial charge in [0.1, 0.15) is 11.6 Å². The molecule has 1 fully saturated rings. The fourth-order valence-electron chi connectivity index (χ4n) is 2.00. The lowest BCUT2D eigenvalue weighted by atomic mass is 10.2. The lowest BCUT2D eigenvalue weighted by Crippen LogP contribution is -2.31. The number of furan rings is 1. The minimum atomic E-state index is -0.673. The molecule has 1 aliphatic rings. The van der Waals surface area contributed by atoms with E-state index in [9.17, 15) is 14.0 Å². The number of carbonyl (C=O) groups excluding carboxylic acids is 2. The Bertz CT molecular complexity index is 761. The first kappa shape index (κ1) is 15.3. The van der Waals surface area contributed by atoms with Gasteiger partial charge in [-0.15, -0.1) is 5.10 Å². The van der Waals surface area contributed by atoms with Gasteiger partial charge in [0.25, 0.3) is 5.91 Å². The molecule has 2 amide bonds. The first-order valence-electron chi connectivity index (χ1n) is 6.73. The van der Waals surface area contributed by atoms with Gasteiger partial charge in [-0.2, -0.15) is 0 Å². The normalized spacial score (nSPS) is 16.1. The van der Waals surface area contributed by atoms with Gasteiger partial charge >= 0.3 is 0 Å². The topological polar surface area (TPSA) is 74.9 Å². The van der Waals surface area contributed by atoms with Crippen LogP contribution in [0.2, 0.25) is 0 Å². The average Bonchev–Trinajstić information content (AvgIpc) is 3.17. The number of hydrogen-bond acceptors (Lipinski definition) is 5. The molecule has 0 atom stereocenters. The third-order valence-electron chi connectivity index (χ3n) is 3.12. The van der Waals surface area contributed by atoms with Gasteiger partial charge in [-0.05, 0) is 24.3 Å². The lowest BCUT2D eigenvalue weighted by Gasteiger charge is -2.14. The molecule has 6 nitrogen and oxygen atoms in total. The van der Waals surface area contributed by atoms with Crippen LogP contribution in [0.25, 0.3) is 0 Å². The molecule has 0 spiro atoms. The Morgan fingerprint density at radius 3 is 2.91 bits per heavy atom. The number of nitrogens with zero attached hydrogens (tertiary/aromatic N) is 2. The van der Waals surface area contributed by atoms with Crippen LogP contribution < -0.4 is 5.43 Å². The zero-order valence-electron chi connectivity index (χ0n) is 11.9. The standard InChI is InChI=1S/C15H12FN3O3S/c16-12-6-2-1-5-11(12)14(21)17-18-15-19(13(20)9-23-15)8-10-4-3-7-22-10/h1-7H,8-9H2,(H,17,21)/b18-15-. The fraction of sp³-hybridized carbons (Fsp3) is 0.133. The molecule has 0 bridgehead atoms. The van der Waals surface area contributed by atoms with Gasteiger partial charge in [0.15, 0.2) is 5.17 Å². The van der Waals surface area contributed by atoms with Crippen LogP contribution in [0.4, 0.5) is 4.39 Å². The molecule has 0 radical (unpaired) electrons. The Labute approximate surface area is 135 Å². The highest BCUT2D eigenvalue weighted by atomic mass is 32.2. The summed E-state index contributed by atoms with van der Waals surface area (Å²) in [6.45, 7) is 0.229. The Hall–Kier alpha value is -2.61. The molecule has 1 N–H and O–H groups in total. The number of hydrazone groups is 1. The fourth-order valence-corrected chi connectivity index (χ4v) is 2.84. The van der Waals surface area contributed by atoms with E-state index in [0.29, 0.717) is 10.9 Å². The van der Waals surface area contributed by atoms with E-state index in [-0.39, 0.29) is 23.8 Å². The number of amidine groups is 1. The molecule has 1 aromatic heterocycles. The van der Waals surface area contributed by atoms with Gasteiger partial charge in [0.05, 0.1) is 24.1 Å². The van der Waals surface area contributed by atoms with E-state index in [1.807, 2.05) is 0 Å². The summed E-state index contributed by atoms with van der Waals surface area (Å²) in [6.07, 6.45) is 1.51. The third kappa shape index (κ3) is 3.42. The number of thioether (sulfide) groups is 1. The van der Waals surface area contributed by atoms with E-state index in [4.69, 9.17) is 4.42 Å². The predicted octanol–water partition coefficient (Wildman–Crippen LogP) is 2.20. The van der Waals surface area contributed by atoms with Crippen molar-refractivity contribution in [3.8, 4) is 0 Å². The van der Waals surface area contributed by atoms with Crippen LogP contribution >= 0.6 is 11.8 Å². The smallest absolute Gasteiger partial charge is 0.274 e. The number of benzene rings is 1. The van der Waals surface area contributed by atoms with E-state index in [1.165, 1.54) is 41.1 Å². The maximum absolute atomic E-state index is 13.5. The summed E-state index contributed by atoms with van der Waals surface area (Å²) in [5.41, 5.74) is 2.17. The molecular formula is C15H12FN3O3S. The molecule has 0 unspecified atom stereocenters. The van der Waals surface area contributed by atoms with Crippen molar-refractivity contribution in [1.29, 1.82) is 0 Å². The number of carbonyl (C=O) groups is 2. The highest BCUT2D eigenvalue weighted by Gasteiger charge is 2.29. The molecule has 118 valence electrons. The van der Waals surface area contributed by atoms with E-state index < -0.39 is 11.7 Å². The number of amides is 2. The summed E-state index contributed by atoms with van der Waals surface area (Å²) < 4.78 is 18.7. The number of nitrogens with one attached hydrogen (secondary N) is 1. The van der Waals surface area contributed by atoms with Crippen LogP contribution in [0.5, 0.6) is 0 Å². The summed E-state index contributed by atoms with van der Waals surface area (Å²) in [4.78, 5) is 25.2. The van der Waals surface area contributed by atoms with Gasteiger partial charge in [-0.25, -0.2) is 9.82 Å². The number of halogens is 1. The summed E-state index contributed by atoms with van der Waals surface area (Å²) in [5, 5.41) is 4.27. The summed E-state index contributed by atoms with van der Waals surface area (Å²) in [5.74, 6) is -0.602. The van der Waals surface area contributed by atoms with Crippen molar-refractivity contribution < 1.29 is 18.4 Å². The number of rotatable bonds is 4. The van der Waals surface area contributed by atoms with Gasteiger partial charge in [-0.1, -0.05) is 23.9 Å².